The normalized spacial score (nSPS) is 17.6. The van der Waals surface area contributed by atoms with Crippen molar-refractivity contribution in [2.24, 2.45) is 5.92 Å². The lowest BCUT2D eigenvalue weighted by atomic mass is 9.97. The topological polar surface area (TPSA) is 69.3 Å². The van der Waals surface area contributed by atoms with E-state index in [-0.39, 0.29) is 29.4 Å². The van der Waals surface area contributed by atoms with Crippen LogP contribution in [0, 0.1) is 30.0 Å². The third-order valence-electron chi connectivity index (χ3n) is 7.07. The van der Waals surface area contributed by atoms with E-state index in [2.05, 4.69) is 24.8 Å². The molecule has 0 atom stereocenters. The zero-order chi connectivity index (χ0) is 26.7. The summed E-state index contributed by atoms with van der Waals surface area (Å²) < 4.78 is 15.5. The maximum Gasteiger partial charge on any atom is 0.270 e. The van der Waals surface area contributed by atoms with Crippen LogP contribution in [0.1, 0.15) is 61.8 Å². The molecule has 0 radical (unpaired) electrons. The Morgan fingerprint density at radius 1 is 1.22 bits per heavy atom. The first kappa shape index (κ1) is 27.1. The van der Waals surface area contributed by atoms with Crippen LogP contribution in [-0.2, 0) is 17.9 Å². The highest BCUT2D eigenvalue weighted by Crippen LogP contribution is 2.37. The third kappa shape index (κ3) is 5.65. The molecule has 1 aromatic carbocycles. The molecule has 4 rings (SSSR count). The Hall–Kier alpha value is -2.96. The second-order valence-corrected chi connectivity index (χ2v) is 11.4. The molecule has 2 aromatic rings. The van der Waals surface area contributed by atoms with Crippen LogP contribution in [0.25, 0.3) is 6.08 Å². The number of nitrogens with zero attached hydrogens (tertiary/aromatic N) is 4. The van der Waals surface area contributed by atoms with Crippen LogP contribution < -0.4 is 10.5 Å². The number of anilines is 1. The quantitative estimate of drug-likeness (QED) is 0.337. The van der Waals surface area contributed by atoms with E-state index in [0.717, 1.165) is 55.7 Å². The van der Waals surface area contributed by atoms with Gasteiger partial charge in [0.15, 0.2) is 0 Å². The SMILES string of the molecule is CCCCn1c(N2CCC(C)CC2)c(C=C2SC(=S)N(Cc3ccc(F)cc3)C2=O)c(C)c(C#N)c1=O. The van der Waals surface area contributed by atoms with Gasteiger partial charge in [-0.1, -0.05) is 56.4 Å². The van der Waals surface area contributed by atoms with Gasteiger partial charge in [-0.25, -0.2) is 4.39 Å². The molecule has 0 aliphatic carbocycles. The highest BCUT2D eigenvalue weighted by atomic mass is 32.2. The standard InChI is InChI=1S/C28H31FN4O2S2/c1-4-5-12-32-25(31-13-10-18(2)11-14-31)22(19(3)23(16-30)26(32)34)15-24-27(35)33(28(36)37-24)17-20-6-8-21(29)9-7-20/h6-9,15,18H,4-5,10-14,17H2,1-3H3. The van der Waals surface area contributed by atoms with Crippen molar-refractivity contribution in [3.05, 3.63) is 67.6 Å². The Morgan fingerprint density at radius 2 is 1.89 bits per heavy atom. The fraction of sp³-hybridized carbons (Fsp3) is 0.429. The van der Waals surface area contributed by atoms with Gasteiger partial charge in [0, 0.05) is 25.2 Å². The third-order valence-corrected chi connectivity index (χ3v) is 8.45. The average Bonchev–Trinajstić information content (AvgIpc) is 3.14. The number of piperidine rings is 1. The fourth-order valence-electron chi connectivity index (χ4n) is 4.77. The van der Waals surface area contributed by atoms with Crippen LogP contribution in [0.3, 0.4) is 0 Å². The first-order chi connectivity index (χ1) is 17.7. The summed E-state index contributed by atoms with van der Waals surface area (Å²) in [6.45, 7) is 8.47. The molecule has 0 unspecified atom stereocenters. The summed E-state index contributed by atoms with van der Waals surface area (Å²) in [5.74, 6) is 0.820. The van der Waals surface area contributed by atoms with Gasteiger partial charge in [0.2, 0.25) is 0 Å². The summed E-state index contributed by atoms with van der Waals surface area (Å²) in [7, 11) is 0. The minimum atomic E-state index is -0.337. The van der Waals surface area contributed by atoms with Crippen LogP contribution in [-0.4, -0.2) is 32.8 Å². The number of rotatable bonds is 7. The van der Waals surface area contributed by atoms with E-state index in [9.17, 15) is 19.2 Å². The van der Waals surface area contributed by atoms with E-state index in [4.69, 9.17) is 12.2 Å². The molecule has 2 aliphatic heterocycles. The second kappa shape index (κ2) is 11.6. The second-order valence-electron chi connectivity index (χ2n) is 9.72. The summed E-state index contributed by atoms with van der Waals surface area (Å²) in [6, 6.07) is 8.11. The first-order valence-electron chi connectivity index (χ1n) is 12.7. The zero-order valence-electron chi connectivity index (χ0n) is 21.4. The Balaban J connectivity index is 1.80. The van der Waals surface area contributed by atoms with Crippen molar-refractivity contribution in [2.75, 3.05) is 18.0 Å². The van der Waals surface area contributed by atoms with E-state index >= 15 is 0 Å². The van der Waals surface area contributed by atoms with Crippen LogP contribution in [0.4, 0.5) is 10.2 Å². The van der Waals surface area contributed by atoms with Gasteiger partial charge < -0.3 is 4.90 Å². The van der Waals surface area contributed by atoms with Crippen molar-refractivity contribution in [3.63, 3.8) is 0 Å². The monoisotopic (exact) mass is 538 g/mol. The number of carbonyl (C=O) groups is 1. The lowest BCUT2D eigenvalue weighted by Crippen LogP contribution is -2.39. The highest BCUT2D eigenvalue weighted by Gasteiger charge is 2.33. The average molecular weight is 539 g/mol. The minimum Gasteiger partial charge on any atom is -0.357 e. The predicted octanol–water partition coefficient (Wildman–Crippen LogP) is 5.61. The molecule has 1 aromatic heterocycles. The van der Waals surface area contributed by atoms with Crippen LogP contribution in [0.5, 0.6) is 0 Å². The number of aromatic nitrogens is 1. The van der Waals surface area contributed by atoms with Crippen molar-refractivity contribution in [1.82, 2.24) is 9.47 Å². The molecule has 0 N–H and O–H groups in total. The molecule has 0 spiro atoms. The molecule has 1 amide bonds. The maximum absolute atomic E-state index is 13.4. The largest absolute Gasteiger partial charge is 0.357 e. The number of halogens is 1. The number of nitriles is 1. The predicted molar refractivity (Wildman–Crippen MR) is 151 cm³/mol. The van der Waals surface area contributed by atoms with Gasteiger partial charge in [0.1, 0.15) is 27.6 Å². The summed E-state index contributed by atoms with van der Waals surface area (Å²) in [5, 5.41) is 9.86. The van der Waals surface area contributed by atoms with Gasteiger partial charge in [-0.3, -0.25) is 19.1 Å². The van der Waals surface area contributed by atoms with Gasteiger partial charge in [-0.05, 0) is 61.4 Å². The number of unbranched alkanes of at least 4 members (excludes halogenated alkanes) is 1. The van der Waals surface area contributed by atoms with Crippen molar-refractivity contribution in [1.29, 1.82) is 5.26 Å². The van der Waals surface area contributed by atoms with Crippen LogP contribution in [0.15, 0.2) is 34.0 Å². The van der Waals surface area contributed by atoms with Gasteiger partial charge in [0.05, 0.1) is 11.4 Å². The lowest BCUT2D eigenvalue weighted by Gasteiger charge is -2.35. The van der Waals surface area contributed by atoms with E-state index in [1.54, 1.807) is 29.7 Å². The first-order valence-corrected chi connectivity index (χ1v) is 13.9. The Bertz CT molecular complexity index is 1340. The fourth-order valence-corrected chi connectivity index (χ4v) is 6.01. The molecule has 2 aliphatic rings. The summed E-state index contributed by atoms with van der Waals surface area (Å²) in [5.41, 5.74) is 1.92. The number of thioether (sulfide) groups is 1. The van der Waals surface area contributed by atoms with Gasteiger partial charge >= 0.3 is 0 Å². The molecule has 6 nitrogen and oxygen atoms in total. The summed E-state index contributed by atoms with van der Waals surface area (Å²) in [4.78, 5) is 31.0. The molecule has 2 saturated heterocycles. The molecule has 2 fully saturated rings. The molecule has 0 bridgehead atoms. The lowest BCUT2D eigenvalue weighted by molar-refractivity contribution is -0.122. The number of hydrogen-bond acceptors (Lipinski definition) is 6. The van der Waals surface area contributed by atoms with E-state index in [0.29, 0.717) is 27.3 Å². The molecular formula is C28H31FN4O2S2. The summed E-state index contributed by atoms with van der Waals surface area (Å²) >= 11 is 6.74. The van der Waals surface area contributed by atoms with Crippen molar-refractivity contribution >= 4 is 46.1 Å². The van der Waals surface area contributed by atoms with Crippen LogP contribution in [0.2, 0.25) is 0 Å². The molecule has 37 heavy (non-hydrogen) atoms. The molecule has 194 valence electrons. The van der Waals surface area contributed by atoms with Crippen molar-refractivity contribution < 1.29 is 9.18 Å². The number of thiocarbonyl (C=S) groups is 1. The van der Waals surface area contributed by atoms with Gasteiger partial charge in [-0.2, -0.15) is 5.26 Å². The minimum absolute atomic E-state index is 0.110. The van der Waals surface area contributed by atoms with Crippen molar-refractivity contribution in [2.45, 2.75) is 59.5 Å². The van der Waals surface area contributed by atoms with Gasteiger partial charge in [-0.15, -0.1) is 0 Å². The van der Waals surface area contributed by atoms with Crippen molar-refractivity contribution in [3.8, 4) is 6.07 Å². The number of amides is 1. The highest BCUT2D eigenvalue weighted by molar-refractivity contribution is 8.26. The number of pyridine rings is 1. The zero-order valence-corrected chi connectivity index (χ0v) is 23.1. The smallest absolute Gasteiger partial charge is 0.270 e. The maximum atomic E-state index is 13.4. The molecule has 0 saturated carbocycles. The molecule has 9 heteroatoms. The van der Waals surface area contributed by atoms with E-state index < -0.39 is 0 Å². The Morgan fingerprint density at radius 3 is 2.51 bits per heavy atom. The van der Waals surface area contributed by atoms with Gasteiger partial charge in [0.25, 0.3) is 11.5 Å². The number of carbonyl (C=O) groups excluding carboxylic acids is 1. The molecule has 3 heterocycles. The number of benzene rings is 1. The van der Waals surface area contributed by atoms with E-state index in [1.165, 1.54) is 28.8 Å². The summed E-state index contributed by atoms with van der Waals surface area (Å²) in [6.07, 6.45) is 5.55. The number of hydrogen-bond donors (Lipinski definition) is 0. The molecular weight excluding hydrogens is 507 g/mol. The Labute approximate surface area is 226 Å². The van der Waals surface area contributed by atoms with Crippen LogP contribution >= 0.6 is 24.0 Å². The van der Waals surface area contributed by atoms with E-state index in [1.807, 2.05) is 0 Å². The Kier molecular flexibility index (Phi) is 8.50.